The minimum atomic E-state index is -1.20. The smallest absolute Gasteiger partial charge is 0.335 e. The van der Waals surface area contributed by atoms with Crippen LogP contribution in [0.2, 0.25) is 0 Å². The van der Waals surface area contributed by atoms with Gasteiger partial charge in [-0.05, 0) is 87.6 Å². The highest BCUT2D eigenvalue weighted by Crippen LogP contribution is 2.31. The van der Waals surface area contributed by atoms with Gasteiger partial charge in [0.1, 0.15) is 29.5 Å². The molecule has 3 fully saturated rings. The number of fused-ring (bicyclic) bond motifs is 1. The second-order valence-corrected chi connectivity index (χ2v) is 12.1. The molecule has 0 radical (unpaired) electrons. The molecule has 0 aliphatic carbocycles. The fraction of sp³-hybridized carbons (Fsp3) is 0.469. The zero-order chi connectivity index (χ0) is 29.3. The number of anilines is 1. The first-order valence-electron chi connectivity index (χ1n) is 15.4. The number of nitrogen functional groups attached to an aromatic ring is 1. The number of imidazole rings is 1. The molecular formula is C32H39FN8O2. The zero-order valence-electron chi connectivity index (χ0n) is 24.3. The van der Waals surface area contributed by atoms with Crippen LogP contribution in [0, 0.1) is 5.92 Å². The number of ether oxygens (including phenoxy) is 1. The van der Waals surface area contributed by atoms with Crippen LogP contribution in [0.4, 0.5) is 10.2 Å². The van der Waals surface area contributed by atoms with Crippen molar-refractivity contribution in [1.82, 2.24) is 34.2 Å². The molecule has 3 N–H and O–H groups in total. The predicted molar refractivity (Wildman–Crippen MR) is 165 cm³/mol. The number of likely N-dealkylation sites (tertiary alicyclic amines) is 2. The van der Waals surface area contributed by atoms with Crippen LogP contribution < -0.4 is 21.5 Å². The Bertz CT molecular complexity index is 1600. The topological polar surface area (TPSA) is 106 Å². The molecule has 3 aliphatic heterocycles. The number of benzene rings is 2. The van der Waals surface area contributed by atoms with E-state index in [2.05, 4.69) is 25.1 Å². The first-order valence-corrected chi connectivity index (χ1v) is 15.4. The molecule has 4 aromatic rings. The summed E-state index contributed by atoms with van der Waals surface area (Å²) in [7, 11) is 0. The summed E-state index contributed by atoms with van der Waals surface area (Å²) >= 11 is 0. The fourth-order valence-corrected chi connectivity index (χ4v) is 6.85. The van der Waals surface area contributed by atoms with Gasteiger partial charge in [0.2, 0.25) is 0 Å². The van der Waals surface area contributed by atoms with Crippen LogP contribution in [0.1, 0.15) is 31.7 Å². The summed E-state index contributed by atoms with van der Waals surface area (Å²) in [5.74, 6) is 2.23. The maximum atomic E-state index is 15.9. The first-order chi connectivity index (χ1) is 21.0. The number of alkyl halides is 1. The zero-order valence-corrected chi connectivity index (χ0v) is 24.3. The molecule has 10 nitrogen and oxygen atoms in total. The molecule has 2 atom stereocenters. The predicted octanol–water partition coefficient (Wildman–Crippen LogP) is 3.62. The average molecular weight is 587 g/mol. The average Bonchev–Trinajstić information content (AvgIpc) is 3.29. The van der Waals surface area contributed by atoms with E-state index in [1.54, 1.807) is 24.3 Å². The maximum absolute atomic E-state index is 15.9. The minimum Gasteiger partial charge on any atom is -0.457 e. The molecule has 7 rings (SSSR count). The van der Waals surface area contributed by atoms with E-state index in [4.69, 9.17) is 10.5 Å². The number of aromatic nitrogens is 4. The molecule has 226 valence electrons. The Balaban J connectivity index is 1.05. The molecule has 3 saturated heterocycles. The molecule has 2 aromatic carbocycles. The second-order valence-electron chi connectivity index (χ2n) is 12.1. The van der Waals surface area contributed by atoms with Gasteiger partial charge < -0.3 is 20.7 Å². The summed E-state index contributed by atoms with van der Waals surface area (Å²) in [6.45, 7) is 6.52. The lowest BCUT2D eigenvalue weighted by atomic mass is 9.91. The van der Waals surface area contributed by atoms with E-state index in [1.165, 1.54) is 41.4 Å². The Morgan fingerprint density at radius 3 is 2.40 bits per heavy atom. The molecule has 0 amide bonds. The van der Waals surface area contributed by atoms with Gasteiger partial charge >= 0.3 is 5.69 Å². The molecule has 2 aromatic heterocycles. The van der Waals surface area contributed by atoms with Crippen molar-refractivity contribution in [2.45, 2.75) is 43.9 Å². The van der Waals surface area contributed by atoms with Crippen LogP contribution in [0.5, 0.6) is 11.5 Å². The first kappa shape index (κ1) is 28.0. The van der Waals surface area contributed by atoms with Crippen molar-refractivity contribution in [3.05, 3.63) is 71.4 Å². The number of hydrogen-bond donors (Lipinski definition) is 2. The Morgan fingerprint density at radius 2 is 1.70 bits per heavy atom. The van der Waals surface area contributed by atoms with Crippen LogP contribution in [0.15, 0.2) is 65.7 Å². The Hall–Kier alpha value is -3.80. The van der Waals surface area contributed by atoms with Crippen LogP contribution in [0.3, 0.4) is 0 Å². The monoisotopic (exact) mass is 586 g/mol. The van der Waals surface area contributed by atoms with Crippen molar-refractivity contribution in [2.75, 3.05) is 51.5 Å². The highest BCUT2D eigenvalue weighted by molar-refractivity contribution is 5.84. The quantitative estimate of drug-likeness (QED) is 0.323. The number of para-hydroxylation sites is 1. The lowest BCUT2D eigenvalue weighted by Crippen LogP contribution is -2.58. The molecule has 0 unspecified atom stereocenters. The number of nitrogens with one attached hydrogen (secondary N) is 1. The summed E-state index contributed by atoms with van der Waals surface area (Å²) in [5.41, 5.74) is 7.25. The van der Waals surface area contributed by atoms with Gasteiger partial charge in [-0.1, -0.05) is 18.2 Å². The van der Waals surface area contributed by atoms with E-state index in [0.29, 0.717) is 47.2 Å². The third-order valence-electron chi connectivity index (χ3n) is 9.46. The normalized spacial score (nSPS) is 22.5. The van der Waals surface area contributed by atoms with Crippen molar-refractivity contribution in [3.8, 4) is 17.2 Å². The Kier molecular flexibility index (Phi) is 7.85. The third kappa shape index (κ3) is 5.64. The van der Waals surface area contributed by atoms with Gasteiger partial charge in [0.05, 0.1) is 11.7 Å². The lowest BCUT2D eigenvalue weighted by Gasteiger charge is -2.42. The van der Waals surface area contributed by atoms with E-state index < -0.39 is 12.2 Å². The van der Waals surface area contributed by atoms with Crippen molar-refractivity contribution in [2.24, 2.45) is 5.92 Å². The van der Waals surface area contributed by atoms with Crippen molar-refractivity contribution < 1.29 is 9.13 Å². The molecule has 43 heavy (non-hydrogen) atoms. The molecule has 11 heteroatoms. The summed E-state index contributed by atoms with van der Waals surface area (Å²) < 4.78 is 24.8. The van der Waals surface area contributed by atoms with E-state index >= 15 is 4.39 Å². The van der Waals surface area contributed by atoms with Gasteiger partial charge in [-0.15, -0.1) is 0 Å². The summed E-state index contributed by atoms with van der Waals surface area (Å²) in [5, 5.41) is 3.37. The van der Waals surface area contributed by atoms with Crippen LogP contribution >= 0.6 is 0 Å². The van der Waals surface area contributed by atoms with Crippen LogP contribution in [0.25, 0.3) is 16.9 Å². The Labute approximate surface area is 250 Å². The van der Waals surface area contributed by atoms with Crippen molar-refractivity contribution in [1.29, 1.82) is 0 Å². The summed E-state index contributed by atoms with van der Waals surface area (Å²) in [6.07, 6.45) is 4.21. The summed E-state index contributed by atoms with van der Waals surface area (Å²) in [6, 6.07) is 16.7. The SMILES string of the molecule is Nc1ncnc2c1n(-c1ccc(Oc3ccccc3)cc1)c(=O)n2[C@@H]1CCN(CCC2CCN(C3CNC3)CC2)C[C@H]1F. The van der Waals surface area contributed by atoms with E-state index in [1.807, 2.05) is 30.3 Å². The molecule has 0 spiro atoms. The fourth-order valence-electron chi connectivity index (χ4n) is 6.85. The van der Waals surface area contributed by atoms with E-state index in [-0.39, 0.29) is 11.5 Å². The molecular weight excluding hydrogens is 547 g/mol. The van der Waals surface area contributed by atoms with Gasteiger partial charge in [0, 0.05) is 32.2 Å². The minimum absolute atomic E-state index is 0.179. The number of rotatable bonds is 8. The van der Waals surface area contributed by atoms with Crippen molar-refractivity contribution in [3.63, 3.8) is 0 Å². The molecule has 0 saturated carbocycles. The summed E-state index contributed by atoms with van der Waals surface area (Å²) in [4.78, 5) is 27.4. The lowest BCUT2D eigenvalue weighted by molar-refractivity contribution is 0.0709. The number of nitrogens with two attached hydrogens (primary N) is 1. The van der Waals surface area contributed by atoms with Gasteiger partial charge in [0.15, 0.2) is 11.5 Å². The maximum Gasteiger partial charge on any atom is 0.335 e. The van der Waals surface area contributed by atoms with Gasteiger partial charge in [-0.3, -0.25) is 14.0 Å². The highest BCUT2D eigenvalue weighted by Gasteiger charge is 2.35. The molecule has 3 aliphatic rings. The van der Waals surface area contributed by atoms with Crippen molar-refractivity contribution >= 4 is 17.0 Å². The van der Waals surface area contributed by atoms with E-state index in [0.717, 1.165) is 38.6 Å². The van der Waals surface area contributed by atoms with Gasteiger partial charge in [-0.25, -0.2) is 19.2 Å². The molecule has 5 heterocycles. The Morgan fingerprint density at radius 1 is 0.953 bits per heavy atom. The molecule has 0 bridgehead atoms. The van der Waals surface area contributed by atoms with Gasteiger partial charge in [0.25, 0.3) is 0 Å². The number of nitrogens with zero attached hydrogens (tertiary/aromatic N) is 6. The van der Waals surface area contributed by atoms with Gasteiger partial charge in [-0.2, -0.15) is 0 Å². The number of hydrogen-bond acceptors (Lipinski definition) is 8. The standard InChI is InChI=1S/C32H39FN8O2/c33-27-20-38(14-10-22-11-16-39(17-12-22)24-18-35-19-24)15-13-28(27)41-31-29(30(34)36-21-37-31)40(32(41)42)23-6-8-26(9-7-23)43-25-4-2-1-3-5-25/h1-9,21-22,24,27-28,35H,10-20H2,(H2,34,36,37)/t27-,28-/m1/s1. The largest absolute Gasteiger partial charge is 0.457 e. The van der Waals surface area contributed by atoms with E-state index in [9.17, 15) is 4.79 Å². The highest BCUT2D eigenvalue weighted by atomic mass is 19.1. The number of halogens is 1. The van der Waals surface area contributed by atoms with Crippen LogP contribution in [-0.4, -0.2) is 86.9 Å². The third-order valence-corrected chi connectivity index (χ3v) is 9.46. The second kappa shape index (κ2) is 12.1. The number of piperidine rings is 2. The van der Waals surface area contributed by atoms with Crippen LogP contribution in [-0.2, 0) is 0 Å².